The van der Waals surface area contributed by atoms with E-state index in [4.69, 9.17) is 4.74 Å². The van der Waals surface area contributed by atoms with Crippen molar-refractivity contribution < 1.29 is 13.9 Å². The monoisotopic (exact) mass is 301 g/mol. The zero-order valence-corrected chi connectivity index (χ0v) is 13.1. The number of halogens is 1. The second kappa shape index (κ2) is 7.07. The molecule has 0 saturated heterocycles. The van der Waals surface area contributed by atoms with Crippen molar-refractivity contribution in [2.75, 3.05) is 7.05 Å². The lowest BCUT2D eigenvalue weighted by Crippen LogP contribution is -2.21. The maximum Gasteiger partial charge on any atom is 0.224 e. The van der Waals surface area contributed by atoms with Crippen molar-refractivity contribution in [2.45, 2.75) is 26.9 Å². The first kappa shape index (κ1) is 16.0. The third-order valence-corrected chi connectivity index (χ3v) is 3.60. The molecular weight excluding hydrogens is 281 g/mol. The van der Waals surface area contributed by atoms with E-state index in [1.54, 1.807) is 13.1 Å². The van der Waals surface area contributed by atoms with E-state index < -0.39 is 0 Å². The summed E-state index contributed by atoms with van der Waals surface area (Å²) in [5, 5.41) is 2.61. The van der Waals surface area contributed by atoms with Crippen LogP contribution in [0.25, 0.3) is 0 Å². The molecule has 2 aromatic carbocycles. The van der Waals surface area contributed by atoms with Gasteiger partial charge in [0.1, 0.15) is 6.61 Å². The molecule has 2 rings (SSSR count). The Balaban J connectivity index is 2.19. The zero-order chi connectivity index (χ0) is 16.1. The molecule has 22 heavy (non-hydrogen) atoms. The average Bonchev–Trinajstić information content (AvgIpc) is 2.48. The minimum Gasteiger partial charge on any atom is -0.486 e. The minimum atomic E-state index is -0.374. The Labute approximate surface area is 130 Å². The summed E-state index contributed by atoms with van der Waals surface area (Å²) in [4.78, 5) is 11.6. The van der Waals surface area contributed by atoms with Crippen molar-refractivity contribution in [1.82, 2.24) is 5.32 Å². The predicted octanol–water partition coefficient (Wildman–Crippen LogP) is 3.31. The van der Waals surface area contributed by atoms with Gasteiger partial charge < -0.3 is 10.1 Å². The Morgan fingerprint density at radius 3 is 2.68 bits per heavy atom. The molecule has 0 atom stereocenters. The van der Waals surface area contributed by atoms with Crippen LogP contribution in [0.2, 0.25) is 0 Å². The van der Waals surface area contributed by atoms with E-state index in [0.717, 1.165) is 22.3 Å². The number of carbonyl (C=O) groups is 1. The van der Waals surface area contributed by atoms with Gasteiger partial charge in [0, 0.05) is 7.05 Å². The number of nitrogens with one attached hydrogen (secondary N) is 1. The Bertz CT molecular complexity index is 683. The standard InChI is InChI=1S/C18H20FNO2/c1-12-7-8-17(16(19)9-12)22-11-15-13(2)5-4-6-14(15)10-18(21)20-3/h4-9H,10-11H2,1-3H3,(H,20,21). The van der Waals surface area contributed by atoms with Gasteiger partial charge >= 0.3 is 0 Å². The third kappa shape index (κ3) is 3.85. The van der Waals surface area contributed by atoms with Crippen LogP contribution in [0.3, 0.4) is 0 Å². The summed E-state index contributed by atoms with van der Waals surface area (Å²) in [5.41, 5.74) is 3.69. The molecule has 1 amide bonds. The molecule has 0 aliphatic rings. The number of carbonyl (C=O) groups excluding carboxylic acids is 1. The number of benzene rings is 2. The van der Waals surface area contributed by atoms with Gasteiger partial charge in [0.2, 0.25) is 5.91 Å². The summed E-state index contributed by atoms with van der Waals surface area (Å²) in [7, 11) is 1.61. The van der Waals surface area contributed by atoms with Crippen molar-refractivity contribution in [1.29, 1.82) is 0 Å². The molecule has 0 bridgehead atoms. The smallest absolute Gasteiger partial charge is 0.224 e. The molecule has 4 heteroatoms. The number of ether oxygens (including phenoxy) is 1. The van der Waals surface area contributed by atoms with Crippen LogP contribution in [-0.4, -0.2) is 13.0 Å². The van der Waals surface area contributed by atoms with E-state index in [1.807, 2.05) is 38.1 Å². The van der Waals surface area contributed by atoms with Crippen LogP contribution in [0.15, 0.2) is 36.4 Å². The number of hydrogen-bond donors (Lipinski definition) is 1. The molecule has 0 fully saturated rings. The van der Waals surface area contributed by atoms with Gasteiger partial charge in [0.05, 0.1) is 6.42 Å². The van der Waals surface area contributed by atoms with Gasteiger partial charge in [-0.05, 0) is 48.2 Å². The van der Waals surface area contributed by atoms with Gasteiger partial charge in [-0.15, -0.1) is 0 Å². The largest absolute Gasteiger partial charge is 0.486 e. The van der Waals surface area contributed by atoms with E-state index >= 15 is 0 Å². The van der Waals surface area contributed by atoms with E-state index in [2.05, 4.69) is 5.32 Å². The molecule has 116 valence electrons. The second-order valence-corrected chi connectivity index (χ2v) is 5.29. The van der Waals surface area contributed by atoms with Crippen LogP contribution in [0.5, 0.6) is 5.75 Å². The van der Waals surface area contributed by atoms with Gasteiger partial charge in [0.25, 0.3) is 0 Å². The first-order chi connectivity index (χ1) is 10.5. The van der Waals surface area contributed by atoms with Crippen LogP contribution in [0.4, 0.5) is 4.39 Å². The highest BCUT2D eigenvalue weighted by molar-refractivity contribution is 5.78. The second-order valence-electron chi connectivity index (χ2n) is 5.29. The molecule has 3 nitrogen and oxygen atoms in total. The first-order valence-corrected chi connectivity index (χ1v) is 7.18. The molecular formula is C18H20FNO2. The van der Waals surface area contributed by atoms with E-state index in [-0.39, 0.29) is 30.5 Å². The predicted molar refractivity (Wildman–Crippen MR) is 84.4 cm³/mol. The number of amides is 1. The molecule has 0 aromatic heterocycles. The van der Waals surface area contributed by atoms with Crippen LogP contribution in [0, 0.1) is 19.7 Å². The van der Waals surface area contributed by atoms with Crippen molar-refractivity contribution in [3.63, 3.8) is 0 Å². The quantitative estimate of drug-likeness (QED) is 0.920. The fraction of sp³-hybridized carbons (Fsp3) is 0.278. The molecule has 0 saturated carbocycles. The lowest BCUT2D eigenvalue weighted by molar-refractivity contribution is -0.119. The Morgan fingerprint density at radius 2 is 2.00 bits per heavy atom. The topological polar surface area (TPSA) is 38.3 Å². The van der Waals surface area contributed by atoms with Gasteiger partial charge in [-0.2, -0.15) is 0 Å². The fourth-order valence-corrected chi connectivity index (χ4v) is 2.27. The number of hydrogen-bond acceptors (Lipinski definition) is 2. The molecule has 0 radical (unpaired) electrons. The van der Waals surface area contributed by atoms with Gasteiger partial charge in [-0.1, -0.05) is 24.3 Å². The summed E-state index contributed by atoms with van der Waals surface area (Å²) in [6.45, 7) is 4.02. The molecule has 0 heterocycles. The normalized spacial score (nSPS) is 10.4. The molecule has 0 unspecified atom stereocenters. The van der Waals surface area contributed by atoms with Gasteiger partial charge in [-0.3, -0.25) is 4.79 Å². The van der Waals surface area contributed by atoms with Crippen molar-refractivity contribution in [3.05, 3.63) is 64.5 Å². The van der Waals surface area contributed by atoms with Crippen molar-refractivity contribution >= 4 is 5.91 Å². The Kier molecular flexibility index (Phi) is 5.15. The highest BCUT2D eigenvalue weighted by atomic mass is 19.1. The molecule has 0 aliphatic heterocycles. The van der Waals surface area contributed by atoms with Crippen LogP contribution in [-0.2, 0) is 17.8 Å². The third-order valence-electron chi connectivity index (χ3n) is 3.60. The summed E-state index contributed by atoms with van der Waals surface area (Å²) < 4.78 is 19.4. The van der Waals surface area contributed by atoms with Crippen LogP contribution in [0.1, 0.15) is 22.3 Å². The SMILES string of the molecule is CNC(=O)Cc1cccc(C)c1COc1ccc(C)cc1F. The lowest BCUT2D eigenvalue weighted by atomic mass is 10.00. The van der Waals surface area contributed by atoms with Gasteiger partial charge in [0.15, 0.2) is 11.6 Å². The summed E-state index contributed by atoms with van der Waals surface area (Å²) >= 11 is 0. The summed E-state index contributed by atoms with van der Waals surface area (Å²) in [5.74, 6) is -0.213. The van der Waals surface area contributed by atoms with E-state index in [1.165, 1.54) is 6.07 Å². The maximum absolute atomic E-state index is 13.8. The molecule has 0 spiro atoms. The van der Waals surface area contributed by atoms with Crippen molar-refractivity contribution in [3.8, 4) is 5.75 Å². The van der Waals surface area contributed by atoms with E-state index in [0.29, 0.717) is 0 Å². The van der Waals surface area contributed by atoms with Crippen molar-refractivity contribution in [2.24, 2.45) is 0 Å². The average molecular weight is 301 g/mol. The molecule has 1 N–H and O–H groups in total. The summed E-state index contributed by atoms with van der Waals surface area (Å²) in [6, 6.07) is 10.6. The van der Waals surface area contributed by atoms with Crippen LogP contribution < -0.4 is 10.1 Å². The summed E-state index contributed by atoms with van der Waals surface area (Å²) in [6.07, 6.45) is 0.285. The Hall–Kier alpha value is -2.36. The molecule has 2 aromatic rings. The minimum absolute atomic E-state index is 0.0617. The molecule has 0 aliphatic carbocycles. The Morgan fingerprint density at radius 1 is 1.23 bits per heavy atom. The van der Waals surface area contributed by atoms with E-state index in [9.17, 15) is 9.18 Å². The highest BCUT2D eigenvalue weighted by Crippen LogP contribution is 2.22. The number of likely N-dealkylation sites (N-methyl/N-ethyl adjacent to an activating group) is 1. The van der Waals surface area contributed by atoms with Gasteiger partial charge in [-0.25, -0.2) is 4.39 Å². The fourth-order valence-electron chi connectivity index (χ4n) is 2.27. The maximum atomic E-state index is 13.8. The zero-order valence-electron chi connectivity index (χ0n) is 13.1. The highest BCUT2D eigenvalue weighted by Gasteiger charge is 2.11. The lowest BCUT2D eigenvalue weighted by Gasteiger charge is -2.14. The number of rotatable bonds is 5. The van der Waals surface area contributed by atoms with Crippen LogP contribution >= 0.6 is 0 Å². The number of aryl methyl sites for hydroxylation is 2. The first-order valence-electron chi connectivity index (χ1n) is 7.18.